The Balaban J connectivity index is 1.88. The number of aliphatic hydroxyl groups is 1. The number of nitrogens with zero attached hydrogens (tertiary/aromatic N) is 1. The van der Waals surface area contributed by atoms with Gasteiger partial charge in [-0.25, -0.2) is 0 Å². The van der Waals surface area contributed by atoms with Crippen LogP contribution in [0, 0.1) is 0 Å². The highest BCUT2D eigenvalue weighted by atomic mass is 16.3. The van der Waals surface area contributed by atoms with Crippen LogP contribution in [-0.4, -0.2) is 52.2 Å². The summed E-state index contributed by atoms with van der Waals surface area (Å²) in [6.07, 6.45) is 2.01. The van der Waals surface area contributed by atoms with Crippen molar-refractivity contribution < 1.29 is 19.8 Å². The second-order valence-electron chi connectivity index (χ2n) is 8.41. The maximum atomic E-state index is 13.7. The molecule has 0 aromatic heterocycles. The number of carbonyl (C=O) groups excluding carboxylic acids is 2. The first-order valence-electron chi connectivity index (χ1n) is 11.2. The third-order valence-electron chi connectivity index (χ3n) is 6.16. The Morgan fingerprint density at radius 1 is 1.16 bits per heavy atom. The molecule has 7 nitrogen and oxygen atoms in total. The normalized spacial score (nSPS) is 16.1. The number of nitrogens with two attached hydrogens (primary N) is 1. The molecule has 0 saturated heterocycles. The van der Waals surface area contributed by atoms with Crippen molar-refractivity contribution in [2.75, 3.05) is 13.1 Å². The Morgan fingerprint density at radius 3 is 2.47 bits per heavy atom. The van der Waals surface area contributed by atoms with Gasteiger partial charge < -0.3 is 26.2 Å². The van der Waals surface area contributed by atoms with Gasteiger partial charge in [-0.2, -0.15) is 0 Å². The number of aryl methyl sites for hydroxylation is 1. The summed E-state index contributed by atoms with van der Waals surface area (Å²) in [5.41, 5.74) is 7.68. The predicted octanol–water partition coefficient (Wildman–Crippen LogP) is 2.30. The minimum atomic E-state index is -0.856. The van der Waals surface area contributed by atoms with Crippen molar-refractivity contribution in [1.82, 2.24) is 10.2 Å². The third kappa shape index (κ3) is 5.11. The van der Waals surface area contributed by atoms with Gasteiger partial charge in [0.1, 0.15) is 11.8 Å². The van der Waals surface area contributed by atoms with Crippen LogP contribution in [-0.2, 0) is 16.8 Å². The number of carbonyl (C=O) groups is 2. The van der Waals surface area contributed by atoms with Crippen LogP contribution in [0.15, 0.2) is 48.5 Å². The summed E-state index contributed by atoms with van der Waals surface area (Å²) in [4.78, 5) is 28.1. The SMILES string of the molecule is CCc1cccc(C2(N(C[C@@H](O)CN)C(=O)C(CC)NC(=O)c3cccc(O)c3)CC2)c1. The number of phenolic OH excluding ortho intramolecular Hbond substituents is 1. The number of phenols is 1. The Hall–Kier alpha value is -2.90. The van der Waals surface area contributed by atoms with E-state index in [2.05, 4.69) is 24.4 Å². The van der Waals surface area contributed by atoms with Gasteiger partial charge in [-0.1, -0.05) is 44.2 Å². The first kappa shape index (κ1) is 23.8. The van der Waals surface area contributed by atoms with E-state index in [-0.39, 0.29) is 30.3 Å². The first-order chi connectivity index (χ1) is 15.3. The van der Waals surface area contributed by atoms with Gasteiger partial charge >= 0.3 is 0 Å². The molecule has 7 heteroatoms. The molecule has 2 aromatic rings. The maximum Gasteiger partial charge on any atom is 0.252 e. The van der Waals surface area contributed by atoms with Crippen molar-refractivity contribution >= 4 is 11.8 Å². The maximum absolute atomic E-state index is 13.7. The molecule has 1 fully saturated rings. The van der Waals surface area contributed by atoms with Crippen molar-refractivity contribution in [1.29, 1.82) is 0 Å². The van der Waals surface area contributed by atoms with Crippen LogP contribution in [0.3, 0.4) is 0 Å². The van der Waals surface area contributed by atoms with E-state index < -0.39 is 23.6 Å². The van der Waals surface area contributed by atoms with Crippen molar-refractivity contribution in [2.45, 2.75) is 57.2 Å². The quantitative estimate of drug-likeness (QED) is 0.453. The lowest BCUT2D eigenvalue weighted by atomic mass is 9.97. The topological polar surface area (TPSA) is 116 Å². The minimum absolute atomic E-state index is 0.0162. The van der Waals surface area contributed by atoms with Crippen molar-refractivity contribution in [2.24, 2.45) is 5.73 Å². The van der Waals surface area contributed by atoms with E-state index in [9.17, 15) is 19.8 Å². The molecule has 0 aliphatic heterocycles. The van der Waals surface area contributed by atoms with Gasteiger partial charge in [0.25, 0.3) is 5.91 Å². The highest BCUT2D eigenvalue weighted by Gasteiger charge is 2.52. The molecule has 0 spiro atoms. The predicted molar refractivity (Wildman–Crippen MR) is 123 cm³/mol. The van der Waals surface area contributed by atoms with Crippen LogP contribution in [0.1, 0.15) is 54.6 Å². The van der Waals surface area contributed by atoms with Gasteiger partial charge in [0.05, 0.1) is 11.6 Å². The minimum Gasteiger partial charge on any atom is -0.508 e. The molecular formula is C25H33N3O4. The summed E-state index contributed by atoms with van der Waals surface area (Å²) in [7, 11) is 0. The van der Waals surface area contributed by atoms with Crippen molar-refractivity contribution in [3.8, 4) is 5.75 Å². The second kappa shape index (κ2) is 10.1. The molecule has 32 heavy (non-hydrogen) atoms. The lowest BCUT2D eigenvalue weighted by Crippen LogP contribution is -2.54. The average molecular weight is 440 g/mol. The fourth-order valence-electron chi connectivity index (χ4n) is 4.09. The lowest BCUT2D eigenvalue weighted by Gasteiger charge is -2.36. The van der Waals surface area contributed by atoms with Gasteiger partial charge in [-0.3, -0.25) is 9.59 Å². The molecular weight excluding hydrogens is 406 g/mol. The third-order valence-corrected chi connectivity index (χ3v) is 6.16. The van der Waals surface area contributed by atoms with E-state index in [1.54, 1.807) is 17.0 Å². The van der Waals surface area contributed by atoms with E-state index in [0.29, 0.717) is 6.42 Å². The van der Waals surface area contributed by atoms with Crippen molar-refractivity contribution in [3.63, 3.8) is 0 Å². The molecule has 172 valence electrons. The molecule has 0 heterocycles. The number of hydrogen-bond acceptors (Lipinski definition) is 5. The number of aromatic hydroxyl groups is 1. The van der Waals surface area contributed by atoms with Gasteiger partial charge in [0, 0.05) is 18.7 Å². The van der Waals surface area contributed by atoms with E-state index in [1.165, 1.54) is 17.7 Å². The van der Waals surface area contributed by atoms with Crippen LogP contribution in [0.4, 0.5) is 0 Å². The highest BCUT2D eigenvalue weighted by molar-refractivity contribution is 5.98. The van der Waals surface area contributed by atoms with E-state index in [1.807, 2.05) is 19.1 Å². The number of aliphatic hydroxyl groups excluding tert-OH is 1. The summed E-state index contributed by atoms with van der Waals surface area (Å²) < 4.78 is 0. The fourth-order valence-corrected chi connectivity index (χ4v) is 4.09. The molecule has 1 aliphatic rings. The van der Waals surface area contributed by atoms with Crippen LogP contribution < -0.4 is 11.1 Å². The summed E-state index contributed by atoms with van der Waals surface area (Å²) in [5, 5.41) is 22.8. The molecule has 2 aromatic carbocycles. The summed E-state index contributed by atoms with van der Waals surface area (Å²) in [5.74, 6) is -0.691. The Morgan fingerprint density at radius 2 is 1.88 bits per heavy atom. The zero-order chi connectivity index (χ0) is 23.3. The number of benzene rings is 2. The zero-order valence-corrected chi connectivity index (χ0v) is 18.8. The summed E-state index contributed by atoms with van der Waals surface area (Å²) >= 11 is 0. The average Bonchev–Trinajstić information content (AvgIpc) is 3.62. The van der Waals surface area contributed by atoms with E-state index in [4.69, 9.17) is 5.73 Å². The molecule has 2 atom stereocenters. The Bertz CT molecular complexity index is 958. The lowest BCUT2D eigenvalue weighted by molar-refractivity contribution is -0.138. The van der Waals surface area contributed by atoms with Crippen LogP contribution in [0.5, 0.6) is 5.75 Å². The molecule has 2 amide bonds. The summed E-state index contributed by atoms with van der Waals surface area (Å²) in [6, 6.07) is 13.4. The monoisotopic (exact) mass is 439 g/mol. The van der Waals surface area contributed by atoms with Crippen LogP contribution >= 0.6 is 0 Å². The highest BCUT2D eigenvalue weighted by Crippen LogP contribution is 2.51. The van der Waals surface area contributed by atoms with Gasteiger partial charge in [-0.15, -0.1) is 0 Å². The van der Waals surface area contributed by atoms with Gasteiger partial charge in [0.2, 0.25) is 5.91 Å². The summed E-state index contributed by atoms with van der Waals surface area (Å²) in [6.45, 7) is 4.06. The Labute approximate surface area is 189 Å². The molecule has 0 bridgehead atoms. The first-order valence-corrected chi connectivity index (χ1v) is 11.2. The second-order valence-corrected chi connectivity index (χ2v) is 8.41. The largest absolute Gasteiger partial charge is 0.508 e. The molecule has 1 unspecified atom stereocenters. The smallest absolute Gasteiger partial charge is 0.252 e. The molecule has 0 radical (unpaired) electrons. The fraction of sp³-hybridized carbons (Fsp3) is 0.440. The number of rotatable bonds is 10. The number of amides is 2. The number of nitrogens with one attached hydrogen (secondary N) is 1. The standard InChI is InChI=1S/C25H33N3O4/c1-3-17-7-5-9-19(13-17)25(11-12-25)28(16-21(30)15-26)24(32)22(4-2)27-23(31)18-8-6-10-20(29)14-18/h5-10,13-14,21-22,29-30H,3-4,11-12,15-16,26H2,1-2H3,(H,27,31)/t21-,22?/m0/s1. The van der Waals surface area contributed by atoms with Gasteiger partial charge in [-0.05, 0) is 55.0 Å². The number of hydrogen-bond donors (Lipinski definition) is 4. The van der Waals surface area contributed by atoms with E-state index in [0.717, 1.165) is 24.8 Å². The molecule has 1 saturated carbocycles. The Kier molecular flexibility index (Phi) is 7.53. The molecule has 3 rings (SSSR count). The van der Waals surface area contributed by atoms with Crippen LogP contribution in [0.25, 0.3) is 0 Å². The van der Waals surface area contributed by atoms with E-state index >= 15 is 0 Å². The molecule has 1 aliphatic carbocycles. The zero-order valence-electron chi connectivity index (χ0n) is 18.8. The molecule has 5 N–H and O–H groups in total. The van der Waals surface area contributed by atoms with Gasteiger partial charge in [0.15, 0.2) is 0 Å². The van der Waals surface area contributed by atoms with Crippen molar-refractivity contribution in [3.05, 3.63) is 65.2 Å². The van der Waals surface area contributed by atoms with Crippen LogP contribution in [0.2, 0.25) is 0 Å².